The summed E-state index contributed by atoms with van der Waals surface area (Å²) in [7, 11) is 0. The lowest BCUT2D eigenvalue weighted by atomic mass is 9.87. The van der Waals surface area contributed by atoms with Crippen molar-refractivity contribution >= 4 is 16.9 Å². The highest BCUT2D eigenvalue weighted by atomic mass is 16.4. The number of fused-ring (bicyclic) bond motifs is 1. The van der Waals surface area contributed by atoms with Crippen molar-refractivity contribution in [2.24, 2.45) is 0 Å². The second-order valence-corrected chi connectivity index (χ2v) is 7.00. The fraction of sp³-hybridized carbons (Fsp3) is 0.250. The Kier molecular flexibility index (Phi) is 3.52. The molecule has 3 heteroatoms. The van der Waals surface area contributed by atoms with Crippen molar-refractivity contribution in [3.8, 4) is 5.69 Å². The molecule has 1 aromatic heterocycles. The summed E-state index contributed by atoms with van der Waals surface area (Å²) in [5.74, 6) is -0.896. The Balaban J connectivity index is 2.21. The van der Waals surface area contributed by atoms with Crippen LogP contribution in [0.3, 0.4) is 0 Å². The number of hydrogen-bond donors (Lipinski definition) is 1. The Morgan fingerprint density at radius 3 is 2.43 bits per heavy atom. The zero-order valence-corrected chi connectivity index (χ0v) is 13.9. The second kappa shape index (κ2) is 5.27. The van der Waals surface area contributed by atoms with E-state index in [1.807, 2.05) is 19.1 Å². The van der Waals surface area contributed by atoms with E-state index in [1.54, 1.807) is 12.1 Å². The van der Waals surface area contributed by atoms with E-state index in [4.69, 9.17) is 5.11 Å². The van der Waals surface area contributed by atoms with Crippen molar-refractivity contribution in [1.29, 1.82) is 0 Å². The summed E-state index contributed by atoms with van der Waals surface area (Å²) in [6.45, 7) is 8.65. The quantitative estimate of drug-likeness (QED) is 0.729. The minimum absolute atomic E-state index is 0.0867. The van der Waals surface area contributed by atoms with Crippen LogP contribution < -0.4 is 0 Å². The van der Waals surface area contributed by atoms with E-state index in [1.165, 1.54) is 5.56 Å². The number of carboxylic acids is 1. The predicted molar refractivity (Wildman–Crippen MR) is 93.7 cm³/mol. The topological polar surface area (TPSA) is 42.2 Å². The van der Waals surface area contributed by atoms with E-state index in [0.29, 0.717) is 5.56 Å². The first kappa shape index (κ1) is 15.3. The highest BCUT2D eigenvalue weighted by molar-refractivity contribution is 5.94. The van der Waals surface area contributed by atoms with Crippen LogP contribution >= 0.6 is 0 Å². The van der Waals surface area contributed by atoms with Gasteiger partial charge in [0.05, 0.1) is 11.1 Å². The molecule has 118 valence electrons. The van der Waals surface area contributed by atoms with Gasteiger partial charge in [-0.25, -0.2) is 4.79 Å². The first-order valence-electron chi connectivity index (χ1n) is 7.74. The average molecular weight is 307 g/mol. The molecule has 0 spiro atoms. The fourth-order valence-electron chi connectivity index (χ4n) is 2.94. The Morgan fingerprint density at radius 1 is 1.04 bits per heavy atom. The highest BCUT2D eigenvalue weighted by Crippen LogP contribution is 2.28. The van der Waals surface area contributed by atoms with Crippen LogP contribution in [0.2, 0.25) is 0 Å². The van der Waals surface area contributed by atoms with Gasteiger partial charge < -0.3 is 9.67 Å². The summed E-state index contributed by atoms with van der Waals surface area (Å²) < 4.78 is 2.18. The van der Waals surface area contributed by atoms with Crippen molar-refractivity contribution in [3.63, 3.8) is 0 Å². The molecule has 0 aliphatic carbocycles. The number of aromatic nitrogens is 1. The summed E-state index contributed by atoms with van der Waals surface area (Å²) in [5.41, 5.74) is 4.90. The van der Waals surface area contributed by atoms with Crippen molar-refractivity contribution in [3.05, 3.63) is 65.4 Å². The number of aromatic carboxylic acids is 1. The SMILES string of the molecule is Cc1cc2cc(C(=O)O)ccc2n1-c1cccc(C(C)(C)C)c1. The number of carbonyl (C=O) groups is 1. The van der Waals surface area contributed by atoms with Gasteiger partial charge in [0.2, 0.25) is 0 Å². The molecule has 0 amide bonds. The van der Waals surface area contributed by atoms with Crippen LogP contribution in [0.1, 0.15) is 42.4 Å². The zero-order chi connectivity index (χ0) is 16.8. The molecule has 0 aliphatic heterocycles. The molecule has 3 aromatic rings. The highest BCUT2D eigenvalue weighted by Gasteiger charge is 2.16. The van der Waals surface area contributed by atoms with Crippen LogP contribution in [0.15, 0.2) is 48.5 Å². The van der Waals surface area contributed by atoms with Crippen molar-refractivity contribution in [1.82, 2.24) is 4.57 Å². The summed E-state index contributed by atoms with van der Waals surface area (Å²) in [5, 5.41) is 10.1. The van der Waals surface area contributed by atoms with Gasteiger partial charge in [-0.1, -0.05) is 32.9 Å². The van der Waals surface area contributed by atoms with Crippen LogP contribution in [0.5, 0.6) is 0 Å². The number of aryl methyl sites for hydroxylation is 1. The molecule has 23 heavy (non-hydrogen) atoms. The maximum absolute atomic E-state index is 11.2. The van der Waals surface area contributed by atoms with Gasteiger partial charge in [0.15, 0.2) is 0 Å². The number of hydrogen-bond acceptors (Lipinski definition) is 1. The van der Waals surface area contributed by atoms with Gasteiger partial charge in [-0.05, 0) is 54.3 Å². The summed E-state index contributed by atoms with van der Waals surface area (Å²) in [4.78, 5) is 11.2. The minimum atomic E-state index is -0.896. The average Bonchev–Trinajstić information content (AvgIpc) is 2.81. The standard InChI is InChI=1S/C20H21NO2/c1-13-10-15-11-14(19(22)23)8-9-18(15)21(13)17-7-5-6-16(12-17)20(2,3)4/h5-12H,1-4H3,(H,22,23). The van der Waals surface area contributed by atoms with Crippen molar-refractivity contribution < 1.29 is 9.90 Å². The molecule has 0 aliphatic rings. The van der Waals surface area contributed by atoms with E-state index < -0.39 is 5.97 Å². The lowest BCUT2D eigenvalue weighted by Gasteiger charge is -2.20. The molecule has 0 unspecified atom stereocenters. The molecule has 0 fully saturated rings. The van der Waals surface area contributed by atoms with E-state index in [0.717, 1.165) is 22.3 Å². The Labute approximate surface area is 136 Å². The van der Waals surface area contributed by atoms with Crippen molar-refractivity contribution in [2.45, 2.75) is 33.1 Å². The largest absolute Gasteiger partial charge is 0.478 e. The molecule has 3 rings (SSSR count). The molecular formula is C20H21NO2. The molecule has 0 atom stereocenters. The minimum Gasteiger partial charge on any atom is -0.478 e. The summed E-state index contributed by atoms with van der Waals surface area (Å²) in [6, 6.07) is 15.8. The monoisotopic (exact) mass is 307 g/mol. The van der Waals surface area contributed by atoms with Crippen LogP contribution in [-0.4, -0.2) is 15.6 Å². The number of rotatable bonds is 2. The second-order valence-electron chi connectivity index (χ2n) is 7.00. The number of carboxylic acid groups (broad SMARTS) is 1. The Bertz CT molecular complexity index is 898. The van der Waals surface area contributed by atoms with Crippen LogP contribution in [0, 0.1) is 6.92 Å². The van der Waals surface area contributed by atoms with Gasteiger partial charge in [0, 0.05) is 16.8 Å². The molecule has 1 N–H and O–H groups in total. The van der Waals surface area contributed by atoms with Crippen LogP contribution in [-0.2, 0) is 5.41 Å². The smallest absolute Gasteiger partial charge is 0.335 e. The third-order valence-corrected chi connectivity index (χ3v) is 4.20. The van der Waals surface area contributed by atoms with Gasteiger partial charge in [-0.15, -0.1) is 0 Å². The Morgan fingerprint density at radius 2 is 1.78 bits per heavy atom. The Hall–Kier alpha value is -2.55. The zero-order valence-electron chi connectivity index (χ0n) is 13.9. The molecule has 0 saturated carbocycles. The van der Waals surface area contributed by atoms with Crippen LogP contribution in [0.4, 0.5) is 0 Å². The van der Waals surface area contributed by atoms with E-state index in [-0.39, 0.29) is 5.41 Å². The lowest BCUT2D eigenvalue weighted by Crippen LogP contribution is -2.11. The van der Waals surface area contributed by atoms with Gasteiger partial charge in [-0.3, -0.25) is 0 Å². The normalized spacial score (nSPS) is 11.8. The third-order valence-electron chi connectivity index (χ3n) is 4.20. The van der Waals surface area contributed by atoms with Gasteiger partial charge in [-0.2, -0.15) is 0 Å². The van der Waals surface area contributed by atoms with Gasteiger partial charge in [0.1, 0.15) is 0 Å². The van der Waals surface area contributed by atoms with E-state index >= 15 is 0 Å². The molecule has 0 saturated heterocycles. The molecule has 0 bridgehead atoms. The van der Waals surface area contributed by atoms with Gasteiger partial charge >= 0.3 is 5.97 Å². The molecule has 1 heterocycles. The van der Waals surface area contributed by atoms with E-state index in [9.17, 15) is 4.79 Å². The predicted octanol–water partition coefficient (Wildman–Crippen LogP) is 4.93. The van der Waals surface area contributed by atoms with E-state index in [2.05, 4.69) is 49.6 Å². The summed E-state index contributed by atoms with van der Waals surface area (Å²) in [6.07, 6.45) is 0. The van der Waals surface area contributed by atoms with Crippen LogP contribution in [0.25, 0.3) is 16.6 Å². The fourth-order valence-corrected chi connectivity index (χ4v) is 2.94. The first-order valence-corrected chi connectivity index (χ1v) is 7.74. The number of nitrogens with zero attached hydrogens (tertiary/aromatic N) is 1. The first-order chi connectivity index (χ1) is 10.8. The maximum atomic E-state index is 11.2. The summed E-state index contributed by atoms with van der Waals surface area (Å²) >= 11 is 0. The van der Waals surface area contributed by atoms with Gasteiger partial charge in [0.25, 0.3) is 0 Å². The van der Waals surface area contributed by atoms with Crippen molar-refractivity contribution in [2.75, 3.05) is 0 Å². The number of benzene rings is 2. The molecule has 0 radical (unpaired) electrons. The lowest BCUT2D eigenvalue weighted by molar-refractivity contribution is 0.0697. The molecule has 2 aromatic carbocycles. The third kappa shape index (κ3) is 2.74. The molecular weight excluding hydrogens is 286 g/mol. The molecule has 3 nitrogen and oxygen atoms in total. The maximum Gasteiger partial charge on any atom is 0.335 e.